The van der Waals surface area contributed by atoms with Gasteiger partial charge in [-0.05, 0) is 43.0 Å². The van der Waals surface area contributed by atoms with Crippen LogP contribution in [0.1, 0.15) is 37.8 Å². The Morgan fingerprint density at radius 2 is 1.72 bits per heavy atom. The van der Waals surface area contributed by atoms with Crippen molar-refractivity contribution in [1.82, 2.24) is 20.4 Å². The molecule has 15 nitrogen and oxygen atoms in total. The first-order valence-corrected chi connectivity index (χ1v) is 14.5. The van der Waals surface area contributed by atoms with Crippen LogP contribution in [0.15, 0.2) is 63.5 Å². The fraction of sp³-hybridized carbons (Fsp3) is 0.355. The van der Waals surface area contributed by atoms with Crippen LogP contribution in [0.4, 0.5) is 9.59 Å². The van der Waals surface area contributed by atoms with Gasteiger partial charge in [0.1, 0.15) is 31.1 Å². The molecule has 240 valence electrons. The van der Waals surface area contributed by atoms with E-state index < -0.39 is 54.7 Å². The largest absolute Gasteiger partial charge is 0.480 e. The van der Waals surface area contributed by atoms with Crippen LogP contribution >= 0.6 is 0 Å². The summed E-state index contributed by atoms with van der Waals surface area (Å²) >= 11 is 0. The molecule has 15 heteroatoms. The van der Waals surface area contributed by atoms with Crippen molar-refractivity contribution >= 4 is 48.1 Å². The minimum Gasteiger partial charge on any atom is -0.480 e. The number of benzene rings is 2. The maximum atomic E-state index is 13.2. The van der Waals surface area contributed by atoms with E-state index in [1.165, 1.54) is 11.2 Å². The monoisotopic (exact) mass is 631 g/mol. The first kappa shape index (κ1) is 31.8. The van der Waals surface area contributed by atoms with Gasteiger partial charge in [0.15, 0.2) is 6.04 Å². The topological polar surface area (TPSA) is 192 Å². The molecule has 0 aromatic heterocycles. The minimum absolute atomic E-state index is 0.0337. The number of carboxylic acid groups (broad SMARTS) is 1. The van der Waals surface area contributed by atoms with Gasteiger partial charge >= 0.3 is 18.2 Å². The van der Waals surface area contributed by atoms with Crippen molar-refractivity contribution in [2.45, 2.75) is 38.3 Å². The van der Waals surface area contributed by atoms with Crippen molar-refractivity contribution < 1.29 is 38.6 Å². The number of aliphatic carboxylic acids is 1. The highest BCUT2D eigenvalue weighted by molar-refractivity contribution is 6.24. The highest BCUT2D eigenvalue weighted by Gasteiger charge is 2.38. The number of carboxylic acids is 1. The van der Waals surface area contributed by atoms with E-state index in [9.17, 15) is 29.1 Å². The first-order valence-electron chi connectivity index (χ1n) is 14.5. The predicted octanol–water partition coefficient (Wildman–Crippen LogP) is 1.97. The lowest BCUT2D eigenvalue weighted by Gasteiger charge is -2.26. The van der Waals surface area contributed by atoms with Crippen LogP contribution < -0.4 is 10.6 Å². The van der Waals surface area contributed by atoms with E-state index in [0.29, 0.717) is 0 Å². The molecule has 1 atom stereocenters. The number of rotatable bonds is 9. The summed E-state index contributed by atoms with van der Waals surface area (Å²) < 4.78 is 10.6. The second kappa shape index (κ2) is 13.2. The molecule has 2 aliphatic heterocycles. The van der Waals surface area contributed by atoms with Crippen LogP contribution in [0.25, 0.3) is 11.1 Å². The number of nitrogens with one attached hydrogen (secondary N) is 2. The molecule has 4 amide bonds. The van der Waals surface area contributed by atoms with E-state index in [4.69, 9.17) is 9.47 Å². The third-order valence-corrected chi connectivity index (χ3v) is 7.17. The third kappa shape index (κ3) is 7.36. The van der Waals surface area contributed by atoms with Gasteiger partial charge in [0.25, 0.3) is 5.91 Å². The molecule has 3 N–H and O–H groups in total. The lowest BCUT2D eigenvalue weighted by molar-refractivity contribution is -0.144. The highest BCUT2D eigenvalue weighted by Crippen LogP contribution is 2.44. The number of carbonyl (C=O) groups is 5. The summed E-state index contributed by atoms with van der Waals surface area (Å²) in [7, 11) is 0. The summed E-state index contributed by atoms with van der Waals surface area (Å²) in [4.78, 5) is 76.1. The maximum absolute atomic E-state index is 13.2. The van der Waals surface area contributed by atoms with E-state index in [1.807, 2.05) is 48.5 Å². The van der Waals surface area contributed by atoms with E-state index in [1.54, 1.807) is 20.8 Å². The van der Waals surface area contributed by atoms with E-state index in [2.05, 4.69) is 25.6 Å². The van der Waals surface area contributed by atoms with Crippen LogP contribution in [-0.4, -0.2) is 107 Å². The normalized spacial score (nSPS) is 17.4. The summed E-state index contributed by atoms with van der Waals surface area (Å²) in [5.41, 5.74) is 3.49. The first-order chi connectivity index (χ1) is 21.9. The Morgan fingerprint density at radius 3 is 2.35 bits per heavy atom. The van der Waals surface area contributed by atoms with E-state index in [0.717, 1.165) is 27.2 Å². The molecule has 0 spiro atoms. The van der Waals surface area contributed by atoms with Crippen molar-refractivity contribution in [3.63, 3.8) is 0 Å². The van der Waals surface area contributed by atoms with Crippen molar-refractivity contribution in [3.05, 3.63) is 59.7 Å². The Balaban J connectivity index is 1.17. The molecule has 1 aliphatic carbocycles. The van der Waals surface area contributed by atoms with Gasteiger partial charge in [-0.2, -0.15) is 4.99 Å². The number of hydrogen-bond donors (Lipinski definition) is 3. The standard InChI is InChI=1S/C31H33N7O8/c1-31(2,3)46-30(44)36-28-34-26-25(27(42)35-28)33-17-38(26)14-23(39)37(15-24(40)41)13-12-32-29(43)45-16-22-20-10-6-4-8-18(20)19-9-5-7-11-21(19)22/h4-11,17,22,25H,12-16H2,1-3H3,(H,32,43)(H,40,41)(H,35,36,42,44). The molecule has 0 saturated heterocycles. The summed E-state index contributed by atoms with van der Waals surface area (Å²) in [5.74, 6) is -2.94. The minimum atomic E-state index is -1.26. The number of ether oxygens (including phenoxy) is 2. The second-order valence-electron chi connectivity index (χ2n) is 11.6. The van der Waals surface area contributed by atoms with E-state index >= 15 is 0 Å². The zero-order valence-electron chi connectivity index (χ0n) is 25.4. The third-order valence-electron chi connectivity index (χ3n) is 7.17. The molecular formula is C31H33N7O8. The molecule has 5 rings (SSSR count). The SMILES string of the molecule is CC(C)(C)OC(=O)N=C1N=C2C(N=CN2CC(=O)N(CCNC(=O)OCC2c3ccccc3-c3ccccc32)CC(=O)O)C(=O)N1. The van der Waals surface area contributed by atoms with Crippen LogP contribution in [0.2, 0.25) is 0 Å². The molecule has 1 unspecified atom stereocenters. The number of hydrogen-bond acceptors (Lipinski definition) is 9. The number of fused-ring (bicyclic) bond motifs is 4. The van der Waals surface area contributed by atoms with Crippen LogP contribution in [0.3, 0.4) is 0 Å². The van der Waals surface area contributed by atoms with Gasteiger partial charge in [0.2, 0.25) is 11.9 Å². The number of alkyl carbamates (subject to hydrolysis) is 1. The van der Waals surface area contributed by atoms with Crippen molar-refractivity contribution in [2.24, 2.45) is 15.0 Å². The highest BCUT2D eigenvalue weighted by atomic mass is 16.6. The Hall–Kier alpha value is -5.60. The Labute approximate surface area is 264 Å². The van der Waals surface area contributed by atoms with Gasteiger partial charge in [0.05, 0.1) is 6.34 Å². The summed E-state index contributed by atoms with van der Waals surface area (Å²) in [6.45, 7) is 3.79. The average molecular weight is 632 g/mol. The average Bonchev–Trinajstić information content (AvgIpc) is 3.53. The molecule has 2 aromatic rings. The molecule has 2 heterocycles. The summed E-state index contributed by atoms with van der Waals surface area (Å²) in [6.07, 6.45) is -0.451. The van der Waals surface area contributed by atoms with Gasteiger partial charge in [0, 0.05) is 19.0 Å². The van der Waals surface area contributed by atoms with Crippen LogP contribution in [0, 0.1) is 0 Å². The number of amidine groups is 1. The zero-order chi connectivity index (χ0) is 33.0. The van der Waals surface area contributed by atoms with Crippen molar-refractivity contribution in [1.29, 1.82) is 0 Å². The Kier molecular flexibility index (Phi) is 9.11. The van der Waals surface area contributed by atoms with Gasteiger partial charge in [-0.1, -0.05) is 48.5 Å². The molecule has 0 radical (unpaired) electrons. The van der Waals surface area contributed by atoms with Crippen molar-refractivity contribution in [3.8, 4) is 11.1 Å². The zero-order valence-corrected chi connectivity index (χ0v) is 25.4. The maximum Gasteiger partial charge on any atom is 0.437 e. The molecule has 0 fully saturated rings. The van der Waals surface area contributed by atoms with Gasteiger partial charge < -0.3 is 29.7 Å². The van der Waals surface area contributed by atoms with Gasteiger partial charge in [-0.3, -0.25) is 24.7 Å². The summed E-state index contributed by atoms with van der Waals surface area (Å²) in [5, 5.41) is 14.3. The molecular weight excluding hydrogens is 598 g/mol. The summed E-state index contributed by atoms with van der Waals surface area (Å²) in [6, 6.07) is 14.8. The molecule has 0 bridgehead atoms. The fourth-order valence-electron chi connectivity index (χ4n) is 5.24. The quantitative estimate of drug-likeness (QED) is 0.371. The number of carbonyl (C=O) groups excluding carboxylic acids is 4. The number of guanidine groups is 1. The number of aliphatic imine (C=N–C) groups is 3. The van der Waals surface area contributed by atoms with Gasteiger partial charge in [-0.25, -0.2) is 9.59 Å². The van der Waals surface area contributed by atoms with Crippen molar-refractivity contribution in [2.75, 3.05) is 32.8 Å². The molecule has 2 aromatic carbocycles. The Morgan fingerprint density at radius 1 is 1.07 bits per heavy atom. The Bertz CT molecular complexity index is 1620. The molecule has 3 aliphatic rings. The smallest absolute Gasteiger partial charge is 0.437 e. The fourth-order valence-corrected chi connectivity index (χ4v) is 5.24. The lowest BCUT2D eigenvalue weighted by atomic mass is 9.98. The predicted molar refractivity (Wildman–Crippen MR) is 166 cm³/mol. The molecule has 0 saturated carbocycles. The van der Waals surface area contributed by atoms with Crippen LogP contribution in [-0.2, 0) is 23.9 Å². The lowest BCUT2D eigenvalue weighted by Crippen LogP contribution is -2.51. The number of nitrogens with zero attached hydrogens (tertiary/aromatic N) is 5. The van der Waals surface area contributed by atoms with Crippen LogP contribution in [0.5, 0.6) is 0 Å². The van der Waals surface area contributed by atoms with E-state index in [-0.39, 0.29) is 37.4 Å². The second-order valence-corrected chi connectivity index (χ2v) is 11.6. The van der Waals surface area contributed by atoms with Gasteiger partial charge in [-0.15, -0.1) is 4.99 Å². The number of amides is 4. The molecule has 46 heavy (non-hydrogen) atoms.